The van der Waals surface area contributed by atoms with E-state index in [2.05, 4.69) is 32.1 Å². The second-order valence-electron chi connectivity index (χ2n) is 14.2. The highest BCUT2D eigenvalue weighted by molar-refractivity contribution is 5.74. The van der Waals surface area contributed by atoms with Crippen molar-refractivity contribution in [3.63, 3.8) is 0 Å². The molecule has 1 atom stereocenters. The van der Waals surface area contributed by atoms with Gasteiger partial charge in [-0.15, -0.1) is 0 Å². The number of rotatable bonds is 15. The summed E-state index contributed by atoms with van der Waals surface area (Å²) in [5.41, 5.74) is 4.77. The van der Waals surface area contributed by atoms with Crippen LogP contribution < -0.4 is 0 Å². The number of hydrogen-bond acceptors (Lipinski definition) is 0. The van der Waals surface area contributed by atoms with E-state index in [0.717, 1.165) is 61.0 Å². The lowest BCUT2D eigenvalue weighted by molar-refractivity contribution is 0.190. The fraction of sp³-hybridized carbons (Fsp3) is 0.500. The van der Waals surface area contributed by atoms with E-state index in [0.29, 0.717) is 23.1 Å². The quantitative estimate of drug-likeness (QED) is 0.115. The smallest absolute Gasteiger partial charge is 0.166 e. The lowest BCUT2D eigenvalue weighted by Gasteiger charge is -2.35. The summed E-state index contributed by atoms with van der Waals surface area (Å²) in [6.07, 6.45) is 26.8. The standard InChI is InChI=1S/C44H55F3/c1-3-5-7-8-9-10-12-14-38-27-30-41(44(47)43(38)46)37-25-23-36(24-26-37)40-29-28-39(31-42(40)45)35-21-19-34(20-22-35)33-17-15-32(16-18-33)13-11-6-4-2/h4,6,21,23-34H,3,5,7-20,22H2,1-2H3/b6-4+. The summed E-state index contributed by atoms with van der Waals surface area (Å²) in [6, 6.07) is 16.1. The molecule has 3 heteroatoms. The van der Waals surface area contributed by atoms with Crippen molar-refractivity contribution < 1.29 is 13.2 Å². The van der Waals surface area contributed by atoms with Crippen molar-refractivity contribution in [1.29, 1.82) is 0 Å². The van der Waals surface area contributed by atoms with Crippen molar-refractivity contribution in [1.82, 2.24) is 0 Å². The summed E-state index contributed by atoms with van der Waals surface area (Å²) in [5.74, 6) is 0.703. The Bertz CT molecular complexity index is 1470. The van der Waals surface area contributed by atoms with Crippen molar-refractivity contribution in [2.45, 2.75) is 123 Å². The predicted molar refractivity (Wildman–Crippen MR) is 194 cm³/mol. The Kier molecular flexibility index (Phi) is 13.4. The number of allylic oxidation sites excluding steroid dienone is 4. The van der Waals surface area contributed by atoms with Gasteiger partial charge in [0.25, 0.3) is 0 Å². The van der Waals surface area contributed by atoms with Crippen molar-refractivity contribution in [3.05, 3.63) is 101 Å². The van der Waals surface area contributed by atoms with Crippen LogP contribution in [0, 0.1) is 35.2 Å². The third kappa shape index (κ3) is 9.52. The zero-order valence-electron chi connectivity index (χ0n) is 28.8. The van der Waals surface area contributed by atoms with Gasteiger partial charge in [-0.25, -0.2) is 13.2 Å². The molecule has 0 nitrogen and oxygen atoms in total. The molecule has 47 heavy (non-hydrogen) atoms. The maximum absolute atomic E-state index is 15.5. The lowest BCUT2D eigenvalue weighted by Crippen LogP contribution is -2.23. The van der Waals surface area contributed by atoms with Gasteiger partial charge in [0.05, 0.1) is 0 Å². The number of halogens is 3. The minimum Gasteiger partial charge on any atom is -0.206 e. The van der Waals surface area contributed by atoms with Crippen LogP contribution in [0.1, 0.15) is 128 Å². The zero-order chi connectivity index (χ0) is 33.0. The number of unbranched alkanes of at least 4 members (excludes halogenated alkanes) is 6. The van der Waals surface area contributed by atoms with Crippen molar-refractivity contribution in [2.24, 2.45) is 17.8 Å². The van der Waals surface area contributed by atoms with Crippen molar-refractivity contribution in [2.75, 3.05) is 0 Å². The summed E-state index contributed by atoms with van der Waals surface area (Å²) >= 11 is 0. The van der Waals surface area contributed by atoms with E-state index in [4.69, 9.17) is 0 Å². The molecule has 0 heterocycles. The van der Waals surface area contributed by atoms with Gasteiger partial charge in [0, 0.05) is 11.1 Å². The van der Waals surface area contributed by atoms with Crippen molar-refractivity contribution in [3.8, 4) is 22.3 Å². The van der Waals surface area contributed by atoms with Crippen LogP contribution in [-0.2, 0) is 6.42 Å². The molecule has 1 unspecified atom stereocenters. The van der Waals surface area contributed by atoms with Crippen LogP contribution in [0.4, 0.5) is 13.2 Å². The molecule has 1 saturated carbocycles. The fourth-order valence-corrected chi connectivity index (χ4v) is 8.05. The molecule has 252 valence electrons. The Morgan fingerprint density at radius 3 is 2.00 bits per heavy atom. The predicted octanol–water partition coefficient (Wildman–Crippen LogP) is 14.1. The van der Waals surface area contributed by atoms with Crippen LogP contribution in [0.2, 0.25) is 0 Å². The first kappa shape index (κ1) is 35.2. The molecule has 0 radical (unpaired) electrons. The first-order chi connectivity index (χ1) is 23.0. The highest BCUT2D eigenvalue weighted by atomic mass is 19.2. The van der Waals surface area contributed by atoms with Gasteiger partial charge >= 0.3 is 0 Å². The van der Waals surface area contributed by atoms with Crippen LogP contribution >= 0.6 is 0 Å². The molecular weight excluding hydrogens is 585 g/mol. The number of aryl methyl sites for hydroxylation is 1. The maximum atomic E-state index is 15.5. The van der Waals surface area contributed by atoms with Crippen LogP contribution in [0.5, 0.6) is 0 Å². The third-order valence-corrected chi connectivity index (χ3v) is 11.0. The summed E-state index contributed by atoms with van der Waals surface area (Å²) in [4.78, 5) is 0. The van der Waals surface area contributed by atoms with E-state index < -0.39 is 11.6 Å². The maximum Gasteiger partial charge on any atom is 0.166 e. The minimum absolute atomic E-state index is 0.244. The van der Waals surface area contributed by atoms with Crippen LogP contribution in [0.15, 0.2) is 72.8 Å². The molecule has 5 rings (SSSR count). The van der Waals surface area contributed by atoms with Crippen LogP contribution in [0.3, 0.4) is 0 Å². The van der Waals surface area contributed by atoms with E-state index in [9.17, 15) is 4.39 Å². The Balaban J connectivity index is 1.15. The van der Waals surface area contributed by atoms with E-state index in [1.165, 1.54) is 76.2 Å². The van der Waals surface area contributed by atoms with Gasteiger partial charge in [0.2, 0.25) is 0 Å². The van der Waals surface area contributed by atoms with Crippen LogP contribution in [-0.4, -0.2) is 0 Å². The monoisotopic (exact) mass is 640 g/mol. The Morgan fingerprint density at radius 1 is 0.681 bits per heavy atom. The Hall–Kier alpha value is -3.07. The van der Waals surface area contributed by atoms with E-state index >= 15 is 8.78 Å². The molecule has 3 aromatic rings. The normalized spacial score (nSPS) is 20.1. The van der Waals surface area contributed by atoms with Gasteiger partial charge in [0.15, 0.2) is 11.6 Å². The Labute approximate surface area is 282 Å². The molecule has 3 aromatic carbocycles. The summed E-state index contributed by atoms with van der Waals surface area (Å²) in [7, 11) is 0. The molecule has 0 aliphatic heterocycles. The zero-order valence-corrected chi connectivity index (χ0v) is 28.8. The molecule has 2 aliphatic carbocycles. The topological polar surface area (TPSA) is 0 Å². The first-order valence-electron chi connectivity index (χ1n) is 18.7. The van der Waals surface area contributed by atoms with E-state index in [-0.39, 0.29) is 11.4 Å². The second-order valence-corrected chi connectivity index (χ2v) is 14.2. The fourth-order valence-electron chi connectivity index (χ4n) is 8.05. The highest BCUT2D eigenvalue weighted by Crippen LogP contribution is 2.42. The molecule has 0 bridgehead atoms. The van der Waals surface area contributed by atoms with Crippen LogP contribution in [0.25, 0.3) is 27.8 Å². The third-order valence-electron chi connectivity index (χ3n) is 11.0. The number of hydrogen-bond donors (Lipinski definition) is 0. The average Bonchev–Trinajstić information content (AvgIpc) is 3.10. The molecule has 0 amide bonds. The average molecular weight is 641 g/mol. The molecule has 0 saturated heterocycles. The van der Waals surface area contributed by atoms with Gasteiger partial charge in [-0.3, -0.25) is 0 Å². The SMILES string of the molecule is C/C=C/CCC1CCC(C2CC=C(c3ccc(-c4ccc(-c5ccc(CCCCCCCCC)c(F)c5F)cc4)c(F)c3)CC2)CC1. The molecule has 2 aliphatic rings. The summed E-state index contributed by atoms with van der Waals surface area (Å²) < 4.78 is 45.5. The Morgan fingerprint density at radius 2 is 1.34 bits per heavy atom. The molecular formula is C44H55F3. The van der Waals surface area contributed by atoms with Gasteiger partial charge in [-0.1, -0.05) is 125 Å². The van der Waals surface area contributed by atoms with Gasteiger partial charge in [-0.05, 0) is 116 Å². The lowest BCUT2D eigenvalue weighted by atomic mass is 9.70. The highest BCUT2D eigenvalue weighted by Gasteiger charge is 2.28. The molecule has 0 spiro atoms. The minimum atomic E-state index is -0.801. The summed E-state index contributed by atoms with van der Waals surface area (Å²) in [5, 5.41) is 0. The van der Waals surface area contributed by atoms with Gasteiger partial charge in [0.1, 0.15) is 5.82 Å². The molecule has 1 fully saturated rings. The van der Waals surface area contributed by atoms with Gasteiger partial charge < -0.3 is 0 Å². The van der Waals surface area contributed by atoms with Gasteiger partial charge in [-0.2, -0.15) is 0 Å². The largest absolute Gasteiger partial charge is 0.206 e. The van der Waals surface area contributed by atoms with E-state index in [1.54, 1.807) is 42.5 Å². The second kappa shape index (κ2) is 17.9. The molecule has 0 N–H and O–H groups in total. The summed E-state index contributed by atoms with van der Waals surface area (Å²) in [6.45, 7) is 4.31. The molecule has 0 aromatic heterocycles. The van der Waals surface area contributed by atoms with E-state index in [1.807, 2.05) is 12.1 Å². The number of benzene rings is 3. The van der Waals surface area contributed by atoms with Crippen molar-refractivity contribution >= 4 is 5.57 Å². The first-order valence-corrected chi connectivity index (χ1v) is 18.7.